The molecule has 1 unspecified atom stereocenters. The highest BCUT2D eigenvalue weighted by molar-refractivity contribution is 8.15. The van der Waals surface area contributed by atoms with Gasteiger partial charge in [-0.05, 0) is 49.4 Å². The number of amidine groups is 1. The van der Waals surface area contributed by atoms with Crippen LogP contribution in [-0.2, 0) is 20.5 Å². The van der Waals surface area contributed by atoms with Crippen molar-refractivity contribution in [1.29, 1.82) is 0 Å². The van der Waals surface area contributed by atoms with Crippen molar-refractivity contribution in [2.45, 2.75) is 24.8 Å². The largest absolute Gasteiger partial charge is 0.465 e. The van der Waals surface area contributed by atoms with Gasteiger partial charge in [0.15, 0.2) is 5.17 Å². The molecule has 1 saturated heterocycles. The fourth-order valence-corrected chi connectivity index (χ4v) is 4.48. The van der Waals surface area contributed by atoms with Crippen molar-refractivity contribution in [3.8, 4) is 0 Å². The van der Waals surface area contributed by atoms with E-state index in [9.17, 15) is 27.6 Å². The number of nitrogens with zero attached hydrogens (tertiary/aromatic N) is 2. The van der Waals surface area contributed by atoms with Gasteiger partial charge in [-0.25, -0.2) is 9.79 Å². The molecule has 1 fully saturated rings. The highest BCUT2D eigenvalue weighted by Gasteiger charge is 2.36. The van der Waals surface area contributed by atoms with Crippen LogP contribution in [0.25, 0.3) is 0 Å². The van der Waals surface area contributed by atoms with Gasteiger partial charge >= 0.3 is 12.1 Å². The smallest absolute Gasteiger partial charge is 0.417 e. The zero-order chi connectivity index (χ0) is 25.0. The van der Waals surface area contributed by atoms with E-state index in [0.29, 0.717) is 11.3 Å². The van der Waals surface area contributed by atoms with E-state index in [0.717, 1.165) is 23.9 Å². The Balaban J connectivity index is 1.82. The molecule has 1 heterocycles. The number of hydrogen-bond donors (Lipinski definition) is 1. The van der Waals surface area contributed by atoms with Gasteiger partial charge in [0.1, 0.15) is 5.25 Å². The molecule has 2 aromatic rings. The Hall–Kier alpha value is -3.05. The number of benzene rings is 2. The number of methoxy groups -OCH3 is 1. The van der Waals surface area contributed by atoms with Crippen molar-refractivity contribution >= 4 is 57.7 Å². The molecule has 2 aromatic carbocycles. The molecule has 0 aromatic heterocycles. The number of ether oxygens (including phenoxy) is 1. The topological polar surface area (TPSA) is 88.1 Å². The number of alkyl halides is 3. The number of carbonyl (C=O) groups excluding carboxylic acids is 3. The van der Waals surface area contributed by atoms with E-state index in [-0.39, 0.29) is 29.7 Å². The van der Waals surface area contributed by atoms with Crippen LogP contribution in [0.1, 0.15) is 29.3 Å². The molecule has 0 aliphatic carbocycles. The predicted octanol–water partition coefficient (Wildman–Crippen LogP) is 5.13. The predicted molar refractivity (Wildman–Crippen MR) is 123 cm³/mol. The van der Waals surface area contributed by atoms with Crippen molar-refractivity contribution in [3.05, 3.63) is 58.6 Å². The lowest BCUT2D eigenvalue weighted by Gasteiger charge is -2.31. The van der Waals surface area contributed by atoms with E-state index >= 15 is 0 Å². The maximum absolute atomic E-state index is 13.2. The standard InChI is InChI=1S/C22H19ClF3N3O4S/c1-3-29-18(30)11-17(19(31)27-13-6-4-12(5-7-13)20(32)33-2)34-21(29)28-14-8-9-16(23)15(10-14)22(24,25)26/h4-10,17H,3,11H2,1-2H3,(H,27,31). The summed E-state index contributed by atoms with van der Waals surface area (Å²) in [4.78, 5) is 42.5. The van der Waals surface area contributed by atoms with Gasteiger partial charge in [-0.2, -0.15) is 13.2 Å². The number of halogens is 4. The summed E-state index contributed by atoms with van der Waals surface area (Å²) in [6.45, 7) is 1.92. The van der Waals surface area contributed by atoms with E-state index in [1.807, 2.05) is 0 Å². The third-order valence-electron chi connectivity index (χ3n) is 4.80. The summed E-state index contributed by atoms with van der Waals surface area (Å²) >= 11 is 6.64. The first kappa shape index (κ1) is 25.6. The van der Waals surface area contributed by atoms with Gasteiger partial charge in [0.25, 0.3) is 0 Å². The third-order valence-corrected chi connectivity index (χ3v) is 6.32. The zero-order valence-electron chi connectivity index (χ0n) is 18.0. The molecule has 0 spiro atoms. The second-order valence-corrected chi connectivity index (χ2v) is 8.64. The molecular weight excluding hydrogens is 495 g/mol. The Morgan fingerprint density at radius 2 is 1.91 bits per heavy atom. The van der Waals surface area contributed by atoms with E-state index < -0.39 is 33.9 Å². The third kappa shape index (κ3) is 5.89. The van der Waals surface area contributed by atoms with E-state index in [2.05, 4.69) is 15.0 Å². The molecule has 12 heteroatoms. The maximum Gasteiger partial charge on any atom is 0.417 e. The first-order valence-corrected chi connectivity index (χ1v) is 11.2. The highest BCUT2D eigenvalue weighted by Crippen LogP contribution is 2.38. The number of aliphatic imine (C=N–C) groups is 1. The molecule has 180 valence electrons. The van der Waals surface area contributed by atoms with Crippen LogP contribution in [-0.4, -0.2) is 46.8 Å². The summed E-state index contributed by atoms with van der Waals surface area (Å²) in [7, 11) is 1.25. The fourth-order valence-electron chi connectivity index (χ4n) is 3.09. The molecular formula is C22H19ClF3N3O4S. The van der Waals surface area contributed by atoms with Crippen molar-refractivity contribution in [2.75, 3.05) is 19.0 Å². The van der Waals surface area contributed by atoms with Crippen molar-refractivity contribution in [1.82, 2.24) is 4.90 Å². The quantitative estimate of drug-likeness (QED) is 0.560. The number of amides is 2. The first-order valence-electron chi connectivity index (χ1n) is 9.95. The average Bonchev–Trinajstić information content (AvgIpc) is 2.79. The lowest BCUT2D eigenvalue weighted by Crippen LogP contribution is -2.45. The van der Waals surface area contributed by atoms with Gasteiger partial charge in [-0.15, -0.1) is 0 Å². The van der Waals surface area contributed by atoms with Gasteiger partial charge in [0.05, 0.1) is 28.9 Å². The van der Waals surface area contributed by atoms with Crippen LogP contribution in [0.4, 0.5) is 24.5 Å². The summed E-state index contributed by atoms with van der Waals surface area (Å²) in [5.74, 6) is -1.39. The van der Waals surface area contributed by atoms with Crippen molar-refractivity contribution < 1.29 is 32.3 Å². The van der Waals surface area contributed by atoms with Gasteiger partial charge in [-0.3, -0.25) is 14.5 Å². The molecule has 1 atom stereocenters. The Morgan fingerprint density at radius 3 is 2.50 bits per heavy atom. The monoisotopic (exact) mass is 513 g/mol. The Bertz CT molecular complexity index is 1140. The molecule has 1 aliphatic heterocycles. The Morgan fingerprint density at radius 1 is 1.24 bits per heavy atom. The van der Waals surface area contributed by atoms with Crippen LogP contribution in [0.3, 0.4) is 0 Å². The lowest BCUT2D eigenvalue weighted by molar-refractivity contribution is -0.137. The molecule has 0 bridgehead atoms. The van der Waals surface area contributed by atoms with Gasteiger partial charge in [-0.1, -0.05) is 23.4 Å². The molecule has 0 radical (unpaired) electrons. The molecule has 3 rings (SSSR count). The minimum atomic E-state index is -4.67. The van der Waals surface area contributed by atoms with Crippen molar-refractivity contribution in [2.24, 2.45) is 4.99 Å². The maximum atomic E-state index is 13.2. The number of hydrogen-bond acceptors (Lipinski definition) is 6. The van der Waals surface area contributed by atoms with Crippen LogP contribution in [0.5, 0.6) is 0 Å². The van der Waals surface area contributed by atoms with E-state index in [4.69, 9.17) is 11.6 Å². The minimum absolute atomic E-state index is 0.0510. The Kier molecular flexibility index (Phi) is 7.88. The van der Waals surface area contributed by atoms with Crippen molar-refractivity contribution in [3.63, 3.8) is 0 Å². The fraction of sp³-hybridized carbons (Fsp3) is 0.273. The average molecular weight is 514 g/mol. The number of rotatable bonds is 5. The van der Waals surface area contributed by atoms with Crippen LogP contribution in [0.2, 0.25) is 5.02 Å². The number of thioether (sulfide) groups is 1. The number of esters is 1. The number of anilines is 1. The van der Waals surface area contributed by atoms with Crippen LogP contribution >= 0.6 is 23.4 Å². The summed E-state index contributed by atoms with van der Waals surface area (Å²) in [5.41, 5.74) is -0.396. The zero-order valence-corrected chi connectivity index (χ0v) is 19.6. The Labute approximate surface area is 202 Å². The summed E-state index contributed by atoms with van der Waals surface area (Å²) in [6, 6.07) is 9.16. The molecule has 7 nitrogen and oxygen atoms in total. The molecule has 0 saturated carbocycles. The molecule has 2 amide bonds. The SMILES string of the molecule is CCN1C(=O)CC(C(=O)Nc2ccc(C(=O)OC)cc2)SC1=Nc1ccc(Cl)c(C(F)(F)F)c1. The second kappa shape index (κ2) is 10.5. The summed E-state index contributed by atoms with van der Waals surface area (Å²) in [5, 5.41) is 1.45. The molecule has 34 heavy (non-hydrogen) atoms. The van der Waals surface area contributed by atoms with Gasteiger partial charge < -0.3 is 10.1 Å². The van der Waals surface area contributed by atoms with Crippen LogP contribution in [0, 0.1) is 0 Å². The van der Waals surface area contributed by atoms with Gasteiger partial charge in [0.2, 0.25) is 11.8 Å². The number of carbonyl (C=O) groups is 3. The summed E-state index contributed by atoms with van der Waals surface area (Å²) in [6.07, 6.45) is -4.78. The molecule has 1 aliphatic rings. The normalized spacial score (nSPS) is 17.6. The first-order chi connectivity index (χ1) is 16.0. The van der Waals surface area contributed by atoms with E-state index in [1.165, 1.54) is 42.3 Å². The lowest BCUT2D eigenvalue weighted by atomic mass is 10.2. The second-order valence-electron chi connectivity index (χ2n) is 7.06. The minimum Gasteiger partial charge on any atom is -0.465 e. The molecule has 1 N–H and O–H groups in total. The number of nitrogens with one attached hydrogen (secondary N) is 1. The highest BCUT2D eigenvalue weighted by atomic mass is 35.5. The van der Waals surface area contributed by atoms with Crippen LogP contribution in [0.15, 0.2) is 47.5 Å². The van der Waals surface area contributed by atoms with Gasteiger partial charge in [0, 0.05) is 18.7 Å². The summed E-state index contributed by atoms with van der Waals surface area (Å²) < 4.78 is 44.2. The van der Waals surface area contributed by atoms with Crippen LogP contribution < -0.4 is 5.32 Å². The van der Waals surface area contributed by atoms with E-state index in [1.54, 1.807) is 6.92 Å².